The van der Waals surface area contributed by atoms with E-state index in [0.29, 0.717) is 6.61 Å². The van der Waals surface area contributed by atoms with Gasteiger partial charge < -0.3 is 9.64 Å². The van der Waals surface area contributed by atoms with Crippen LogP contribution in [0.2, 0.25) is 0 Å². The summed E-state index contributed by atoms with van der Waals surface area (Å²) in [4.78, 5) is 18.1. The molecule has 6 heteroatoms. The fourth-order valence-corrected chi connectivity index (χ4v) is 2.42. The smallest absolute Gasteiger partial charge is 0.249 e. The van der Waals surface area contributed by atoms with Crippen molar-refractivity contribution in [3.8, 4) is 0 Å². The Morgan fingerprint density at radius 1 is 1.58 bits per heavy atom. The Kier molecular flexibility index (Phi) is 5.32. The number of hydrogen-bond donors (Lipinski definition) is 1. The zero-order valence-corrected chi connectivity index (χ0v) is 11.5. The van der Waals surface area contributed by atoms with Crippen molar-refractivity contribution in [3.05, 3.63) is 12.2 Å². The number of amides is 1. The highest BCUT2D eigenvalue weighted by molar-refractivity contribution is 5.78. The first-order valence-corrected chi connectivity index (χ1v) is 7.05. The van der Waals surface area contributed by atoms with Gasteiger partial charge in [0, 0.05) is 13.2 Å². The summed E-state index contributed by atoms with van der Waals surface area (Å²) < 4.78 is 5.44. The molecule has 1 aromatic heterocycles. The number of carbonyl (C=O) groups excluding carboxylic acids is 1. The number of carbonyl (C=O) groups is 1. The molecule has 106 valence electrons. The van der Waals surface area contributed by atoms with Gasteiger partial charge >= 0.3 is 0 Å². The third-order valence-corrected chi connectivity index (χ3v) is 3.44. The normalized spacial score (nSPS) is 19.0. The summed E-state index contributed by atoms with van der Waals surface area (Å²) in [5, 5.41) is 6.70. The predicted octanol–water partition coefficient (Wildman–Crippen LogP) is 1.67. The predicted molar refractivity (Wildman–Crippen MR) is 70.4 cm³/mol. The van der Waals surface area contributed by atoms with Gasteiger partial charge in [-0.25, -0.2) is 4.98 Å². The molecule has 1 saturated heterocycles. The number of aromatic amines is 1. The maximum atomic E-state index is 12.1. The van der Waals surface area contributed by atoms with Gasteiger partial charge in [0.15, 0.2) is 0 Å². The number of hydrogen-bond acceptors (Lipinski definition) is 4. The van der Waals surface area contributed by atoms with E-state index in [2.05, 4.69) is 22.1 Å². The van der Waals surface area contributed by atoms with Crippen molar-refractivity contribution >= 4 is 5.91 Å². The quantitative estimate of drug-likeness (QED) is 0.762. The Balaban J connectivity index is 1.78. The Morgan fingerprint density at radius 2 is 2.47 bits per heavy atom. The van der Waals surface area contributed by atoms with Crippen molar-refractivity contribution in [3.63, 3.8) is 0 Å². The summed E-state index contributed by atoms with van der Waals surface area (Å²) in [5.41, 5.74) is 0. The van der Waals surface area contributed by atoms with E-state index >= 15 is 0 Å². The SMILES string of the molecule is CCCCCOCC(=O)N1CCC[C@H]1c1ncn[nH]1. The van der Waals surface area contributed by atoms with Crippen molar-refractivity contribution in [2.24, 2.45) is 0 Å². The average molecular weight is 266 g/mol. The molecule has 1 fully saturated rings. The molecule has 0 aromatic carbocycles. The highest BCUT2D eigenvalue weighted by atomic mass is 16.5. The molecule has 0 spiro atoms. The van der Waals surface area contributed by atoms with Gasteiger partial charge in [-0.15, -0.1) is 0 Å². The molecule has 2 heterocycles. The molecule has 1 amide bonds. The van der Waals surface area contributed by atoms with Gasteiger partial charge in [-0.3, -0.25) is 9.89 Å². The Bertz CT molecular complexity index is 380. The van der Waals surface area contributed by atoms with Crippen molar-refractivity contribution < 1.29 is 9.53 Å². The second-order valence-corrected chi connectivity index (χ2v) is 4.88. The number of H-pyrrole nitrogens is 1. The highest BCUT2D eigenvalue weighted by Crippen LogP contribution is 2.29. The van der Waals surface area contributed by atoms with Crippen LogP contribution in [0.3, 0.4) is 0 Å². The fraction of sp³-hybridized carbons (Fsp3) is 0.769. The second kappa shape index (κ2) is 7.23. The molecular weight excluding hydrogens is 244 g/mol. The maximum absolute atomic E-state index is 12.1. The zero-order chi connectivity index (χ0) is 13.5. The van der Waals surface area contributed by atoms with Crippen LogP contribution in [0, 0.1) is 0 Å². The third kappa shape index (κ3) is 3.76. The molecule has 2 rings (SSSR count). The van der Waals surface area contributed by atoms with Crippen molar-refractivity contribution in [2.75, 3.05) is 19.8 Å². The minimum Gasteiger partial charge on any atom is -0.372 e. The van der Waals surface area contributed by atoms with E-state index < -0.39 is 0 Å². The monoisotopic (exact) mass is 266 g/mol. The lowest BCUT2D eigenvalue weighted by Crippen LogP contribution is -2.34. The van der Waals surface area contributed by atoms with E-state index in [-0.39, 0.29) is 18.6 Å². The number of likely N-dealkylation sites (tertiary alicyclic amines) is 1. The number of ether oxygens (including phenoxy) is 1. The standard InChI is InChI=1S/C13H22N4O2/c1-2-3-4-8-19-9-12(18)17-7-5-6-11(17)13-14-10-15-16-13/h10-11H,2-9H2,1H3,(H,14,15,16)/t11-/m0/s1. The van der Waals surface area contributed by atoms with Crippen LogP contribution in [-0.4, -0.2) is 45.7 Å². The molecule has 1 N–H and O–H groups in total. The summed E-state index contributed by atoms with van der Waals surface area (Å²) in [6, 6.07) is 0.0363. The number of nitrogens with zero attached hydrogens (tertiary/aromatic N) is 3. The first kappa shape index (κ1) is 14.0. The van der Waals surface area contributed by atoms with Crippen LogP contribution in [0.1, 0.15) is 50.9 Å². The lowest BCUT2D eigenvalue weighted by molar-refractivity contribution is -0.137. The van der Waals surface area contributed by atoms with Gasteiger partial charge in [-0.2, -0.15) is 5.10 Å². The molecule has 1 atom stereocenters. The summed E-state index contributed by atoms with van der Waals surface area (Å²) in [7, 11) is 0. The van der Waals surface area contributed by atoms with Crippen molar-refractivity contribution in [2.45, 2.75) is 45.1 Å². The fourth-order valence-electron chi connectivity index (χ4n) is 2.42. The Hall–Kier alpha value is -1.43. The molecule has 0 bridgehead atoms. The molecule has 0 radical (unpaired) electrons. The Morgan fingerprint density at radius 3 is 3.21 bits per heavy atom. The van der Waals surface area contributed by atoms with Gasteiger partial charge in [-0.05, 0) is 19.3 Å². The van der Waals surface area contributed by atoms with Crippen LogP contribution in [0.4, 0.5) is 0 Å². The Labute approximate surface area is 113 Å². The van der Waals surface area contributed by atoms with Gasteiger partial charge in [0.25, 0.3) is 0 Å². The van der Waals surface area contributed by atoms with E-state index in [0.717, 1.165) is 44.5 Å². The second-order valence-electron chi connectivity index (χ2n) is 4.88. The average Bonchev–Trinajstić information content (AvgIpc) is 3.08. The topological polar surface area (TPSA) is 71.1 Å². The maximum Gasteiger partial charge on any atom is 0.249 e. The molecule has 6 nitrogen and oxygen atoms in total. The van der Waals surface area contributed by atoms with Crippen molar-refractivity contribution in [1.29, 1.82) is 0 Å². The van der Waals surface area contributed by atoms with E-state index in [1.807, 2.05) is 4.90 Å². The van der Waals surface area contributed by atoms with Gasteiger partial charge in [-0.1, -0.05) is 19.8 Å². The van der Waals surface area contributed by atoms with E-state index in [4.69, 9.17) is 4.74 Å². The lowest BCUT2D eigenvalue weighted by Gasteiger charge is -2.22. The van der Waals surface area contributed by atoms with Gasteiger partial charge in [0.05, 0.1) is 6.04 Å². The minimum absolute atomic E-state index is 0.0363. The molecule has 1 aliphatic heterocycles. The molecular formula is C13H22N4O2. The summed E-state index contributed by atoms with van der Waals surface area (Å²) in [6.07, 6.45) is 6.77. The first-order valence-electron chi connectivity index (χ1n) is 7.05. The van der Waals surface area contributed by atoms with Crippen molar-refractivity contribution in [1.82, 2.24) is 20.1 Å². The zero-order valence-electron chi connectivity index (χ0n) is 11.5. The molecule has 0 aliphatic carbocycles. The van der Waals surface area contributed by atoms with Crippen LogP contribution < -0.4 is 0 Å². The highest BCUT2D eigenvalue weighted by Gasteiger charge is 2.31. The summed E-state index contributed by atoms with van der Waals surface area (Å²) in [5.74, 6) is 0.826. The molecule has 1 aromatic rings. The van der Waals surface area contributed by atoms with Crippen LogP contribution in [0.25, 0.3) is 0 Å². The molecule has 0 unspecified atom stereocenters. The number of unbranched alkanes of at least 4 members (excludes halogenated alkanes) is 2. The lowest BCUT2D eigenvalue weighted by atomic mass is 10.2. The summed E-state index contributed by atoms with van der Waals surface area (Å²) in [6.45, 7) is 3.77. The molecule has 0 saturated carbocycles. The van der Waals surface area contributed by atoms with Crippen LogP contribution in [-0.2, 0) is 9.53 Å². The van der Waals surface area contributed by atoms with E-state index in [1.165, 1.54) is 6.33 Å². The number of rotatable bonds is 7. The van der Waals surface area contributed by atoms with Gasteiger partial charge in [0.1, 0.15) is 18.8 Å². The largest absolute Gasteiger partial charge is 0.372 e. The van der Waals surface area contributed by atoms with Crippen LogP contribution in [0.15, 0.2) is 6.33 Å². The van der Waals surface area contributed by atoms with Gasteiger partial charge in [0.2, 0.25) is 5.91 Å². The van der Waals surface area contributed by atoms with E-state index in [9.17, 15) is 4.79 Å². The van der Waals surface area contributed by atoms with Crippen LogP contribution >= 0.6 is 0 Å². The summed E-state index contributed by atoms with van der Waals surface area (Å²) >= 11 is 0. The first-order chi connectivity index (χ1) is 9.33. The van der Waals surface area contributed by atoms with E-state index in [1.54, 1.807) is 0 Å². The van der Waals surface area contributed by atoms with Crippen LogP contribution in [0.5, 0.6) is 0 Å². The minimum atomic E-state index is 0.0363. The third-order valence-electron chi connectivity index (χ3n) is 3.44. The molecule has 19 heavy (non-hydrogen) atoms. The number of aromatic nitrogens is 3. The number of nitrogens with one attached hydrogen (secondary N) is 1. The molecule has 1 aliphatic rings.